The fourth-order valence-electron chi connectivity index (χ4n) is 0.995. The molecule has 0 bridgehead atoms. The van der Waals surface area contributed by atoms with E-state index in [9.17, 15) is 4.79 Å². The fourth-order valence-corrected chi connectivity index (χ4v) is 0.995. The van der Waals surface area contributed by atoms with Crippen molar-refractivity contribution in [2.24, 2.45) is 0 Å². The van der Waals surface area contributed by atoms with Gasteiger partial charge in [-0.05, 0) is 18.2 Å². The van der Waals surface area contributed by atoms with Crippen LogP contribution in [0.15, 0.2) is 18.2 Å². The Bertz CT molecular complexity index is 281. The Labute approximate surface area is 70.6 Å². The van der Waals surface area contributed by atoms with Crippen molar-refractivity contribution in [3.8, 4) is 5.75 Å². The monoisotopic (exact) mass is 166 g/mol. The van der Waals surface area contributed by atoms with Gasteiger partial charge in [-0.1, -0.05) is 0 Å². The summed E-state index contributed by atoms with van der Waals surface area (Å²) in [5, 5.41) is 8.87. The van der Waals surface area contributed by atoms with Crippen molar-refractivity contribution in [3.05, 3.63) is 29.3 Å². The Hall–Kier alpha value is -1.35. The number of hydrogen-bond donors (Lipinski definition) is 1. The number of rotatable bonds is 3. The van der Waals surface area contributed by atoms with Crippen LogP contribution in [0.5, 0.6) is 5.75 Å². The molecule has 0 fully saturated rings. The van der Waals surface area contributed by atoms with Gasteiger partial charge >= 0.3 is 0 Å². The summed E-state index contributed by atoms with van der Waals surface area (Å²) < 4.78 is 4.96. The van der Waals surface area contributed by atoms with Gasteiger partial charge in [-0.15, -0.1) is 0 Å². The van der Waals surface area contributed by atoms with E-state index in [0.29, 0.717) is 16.9 Å². The zero-order chi connectivity index (χ0) is 8.97. The van der Waals surface area contributed by atoms with Gasteiger partial charge in [0.05, 0.1) is 13.7 Å². The van der Waals surface area contributed by atoms with Crippen LogP contribution in [0.2, 0.25) is 0 Å². The highest BCUT2D eigenvalue weighted by molar-refractivity contribution is 5.75. The molecule has 64 valence electrons. The molecular weight excluding hydrogens is 156 g/mol. The number of aliphatic hydroxyl groups is 1. The van der Waals surface area contributed by atoms with Gasteiger partial charge in [0.25, 0.3) is 0 Å². The predicted molar refractivity (Wildman–Crippen MR) is 44.3 cm³/mol. The minimum Gasteiger partial charge on any atom is -0.496 e. The van der Waals surface area contributed by atoms with E-state index in [4.69, 9.17) is 9.84 Å². The van der Waals surface area contributed by atoms with Gasteiger partial charge in [-0.3, -0.25) is 4.79 Å². The van der Waals surface area contributed by atoms with E-state index in [1.165, 1.54) is 7.11 Å². The highest BCUT2D eigenvalue weighted by atomic mass is 16.5. The van der Waals surface area contributed by atoms with Gasteiger partial charge in [-0.2, -0.15) is 0 Å². The summed E-state index contributed by atoms with van der Waals surface area (Å²) in [5.74, 6) is 0.600. The molecule has 0 radical (unpaired) electrons. The van der Waals surface area contributed by atoms with Crippen LogP contribution in [0.25, 0.3) is 0 Å². The summed E-state index contributed by atoms with van der Waals surface area (Å²) >= 11 is 0. The van der Waals surface area contributed by atoms with Crippen molar-refractivity contribution in [1.29, 1.82) is 0 Å². The van der Waals surface area contributed by atoms with Crippen LogP contribution < -0.4 is 4.74 Å². The normalized spacial score (nSPS) is 9.50. The number of ether oxygens (including phenoxy) is 1. The van der Waals surface area contributed by atoms with Gasteiger partial charge in [0.2, 0.25) is 0 Å². The molecule has 3 heteroatoms. The maximum Gasteiger partial charge on any atom is 0.150 e. The van der Waals surface area contributed by atoms with Crippen molar-refractivity contribution >= 4 is 6.29 Å². The maximum absolute atomic E-state index is 10.4. The molecule has 12 heavy (non-hydrogen) atoms. The Morgan fingerprint density at radius 1 is 1.58 bits per heavy atom. The molecule has 0 aliphatic heterocycles. The molecule has 0 saturated carbocycles. The van der Waals surface area contributed by atoms with Crippen molar-refractivity contribution in [3.63, 3.8) is 0 Å². The Kier molecular flexibility index (Phi) is 2.82. The minimum absolute atomic E-state index is 0.120. The Balaban J connectivity index is 3.10. The molecule has 0 saturated heterocycles. The van der Waals surface area contributed by atoms with Gasteiger partial charge in [-0.25, -0.2) is 0 Å². The molecule has 1 N–H and O–H groups in total. The highest BCUT2D eigenvalue weighted by Crippen LogP contribution is 2.18. The van der Waals surface area contributed by atoms with Gasteiger partial charge in [0, 0.05) is 11.1 Å². The first-order valence-corrected chi connectivity index (χ1v) is 3.54. The Morgan fingerprint density at radius 2 is 2.33 bits per heavy atom. The van der Waals surface area contributed by atoms with E-state index in [-0.39, 0.29) is 6.61 Å². The SMILES string of the molecule is COc1ccc(C=O)cc1CO. The predicted octanol–water partition coefficient (Wildman–Crippen LogP) is 1.00. The number of hydrogen-bond acceptors (Lipinski definition) is 3. The molecular formula is C9H10O3. The maximum atomic E-state index is 10.4. The molecule has 1 rings (SSSR count). The number of aliphatic hydroxyl groups excluding tert-OH is 1. The van der Waals surface area contributed by atoms with E-state index in [2.05, 4.69) is 0 Å². The zero-order valence-corrected chi connectivity index (χ0v) is 6.78. The quantitative estimate of drug-likeness (QED) is 0.681. The van der Waals surface area contributed by atoms with Crippen LogP contribution in [-0.4, -0.2) is 18.5 Å². The summed E-state index contributed by atoms with van der Waals surface area (Å²) in [6, 6.07) is 4.91. The first-order chi connectivity index (χ1) is 5.81. The van der Waals surface area contributed by atoms with Crippen LogP contribution in [0.1, 0.15) is 15.9 Å². The van der Waals surface area contributed by atoms with E-state index in [1.54, 1.807) is 18.2 Å². The third-order valence-electron chi connectivity index (χ3n) is 1.61. The van der Waals surface area contributed by atoms with E-state index in [1.807, 2.05) is 0 Å². The third-order valence-corrected chi connectivity index (χ3v) is 1.61. The largest absolute Gasteiger partial charge is 0.496 e. The van der Waals surface area contributed by atoms with Crippen molar-refractivity contribution < 1.29 is 14.6 Å². The number of aldehydes is 1. The second-order valence-electron chi connectivity index (χ2n) is 2.35. The standard InChI is InChI=1S/C9H10O3/c1-12-9-3-2-7(5-10)4-8(9)6-11/h2-5,11H,6H2,1H3. The lowest BCUT2D eigenvalue weighted by Gasteiger charge is -2.05. The number of methoxy groups -OCH3 is 1. The van der Waals surface area contributed by atoms with E-state index in [0.717, 1.165) is 6.29 Å². The lowest BCUT2D eigenvalue weighted by molar-refractivity contribution is 0.112. The Morgan fingerprint density at radius 3 is 2.83 bits per heavy atom. The van der Waals surface area contributed by atoms with Crippen LogP contribution in [0.3, 0.4) is 0 Å². The second-order valence-corrected chi connectivity index (χ2v) is 2.35. The molecule has 0 atom stereocenters. The summed E-state index contributed by atoms with van der Waals surface area (Å²) in [4.78, 5) is 10.4. The molecule has 0 unspecified atom stereocenters. The minimum atomic E-state index is -0.120. The zero-order valence-electron chi connectivity index (χ0n) is 6.78. The first kappa shape index (κ1) is 8.74. The number of benzene rings is 1. The lowest BCUT2D eigenvalue weighted by Crippen LogP contribution is -1.93. The smallest absolute Gasteiger partial charge is 0.150 e. The topological polar surface area (TPSA) is 46.5 Å². The van der Waals surface area contributed by atoms with Crippen LogP contribution >= 0.6 is 0 Å². The summed E-state index contributed by atoms with van der Waals surface area (Å²) in [6.45, 7) is -0.120. The molecule has 0 aromatic heterocycles. The summed E-state index contributed by atoms with van der Waals surface area (Å²) in [7, 11) is 1.52. The average Bonchev–Trinajstić information content (AvgIpc) is 2.16. The van der Waals surface area contributed by atoms with E-state index < -0.39 is 0 Å². The van der Waals surface area contributed by atoms with E-state index >= 15 is 0 Å². The van der Waals surface area contributed by atoms with Crippen molar-refractivity contribution in [1.82, 2.24) is 0 Å². The molecule has 0 amide bonds. The molecule has 3 nitrogen and oxygen atoms in total. The third kappa shape index (κ3) is 1.62. The van der Waals surface area contributed by atoms with Crippen LogP contribution in [-0.2, 0) is 6.61 Å². The van der Waals surface area contributed by atoms with Crippen molar-refractivity contribution in [2.75, 3.05) is 7.11 Å². The van der Waals surface area contributed by atoms with Crippen molar-refractivity contribution in [2.45, 2.75) is 6.61 Å². The average molecular weight is 166 g/mol. The first-order valence-electron chi connectivity index (χ1n) is 3.54. The number of carbonyl (C=O) groups excluding carboxylic acids is 1. The summed E-state index contributed by atoms with van der Waals surface area (Å²) in [6.07, 6.45) is 0.735. The molecule has 0 heterocycles. The molecule has 1 aromatic rings. The van der Waals surface area contributed by atoms with Crippen LogP contribution in [0, 0.1) is 0 Å². The molecule has 0 aliphatic rings. The molecule has 0 aliphatic carbocycles. The summed E-state index contributed by atoms with van der Waals surface area (Å²) in [5.41, 5.74) is 1.17. The highest BCUT2D eigenvalue weighted by Gasteiger charge is 2.01. The molecule has 1 aromatic carbocycles. The molecule has 0 spiro atoms. The fraction of sp³-hybridized carbons (Fsp3) is 0.222. The number of carbonyl (C=O) groups is 1. The van der Waals surface area contributed by atoms with Gasteiger partial charge < -0.3 is 9.84 Å². The second kappa shape index (κ2) is 3.88. The van der Waals surface area contributed by atoms with Gasteiger partial charge in [0.15, 0.2) is 0 Å². The van der Waals surface area contributed by atoms with Gasteiger partial charge in [0.1, 0.15) is 12.0 Å². The lowest BCUT2D eigenvalue weighted by atomic mass is 10.1. The van der Waals surface area contributed by atoms with Crippen LogP contribution in [0.4, 0.5) is 0 Å².